The Labute approximate surface area is 244 Å². The average molecular weight is 572 g/mol. The molecule has 1 heterocycles. The molecule has 4 bridgehead atoms. The molecule has 5 aliphatic rings. The van der Waals surface area contributed by atoms with Crippen LogP contribution in [0.5, 0.6) is 0 Å². The molecule has 0 spiro atoms. The van der Waals surface area contributed by atoms with E-state index in [1.807, 2.05) is 17.0 Å². The molecule has 2 atom stereocenters. The molecule has 2 unspecified atom stereocenters. The Morgan fingerprint density at radius 1 is 0.833 bits per heavy atom. The van der Waals surface area contributed by atoms with E-state index in [1.165, 1.54) is 35.4 Å². The lowest BCUT2D eigenvalue weighted by Gasteiger charge is -2.61. The molecule has 1 aliphatic heterocycles. The molecule has 8 rings (SSSR count). The van der Waals surface area contributed by atoms with Crippen LogP contribution in [0.15, 0.2) is 72.8 Å². The molecule has 3 aromatic rings. The van der Waals surface area contributed by atoms with E-state index in [1.54, 1.807) is 24.3 Å². The number of benzene rings is 3. The van der Waals surface area contributed by atoms with Crippen molar-refractivity contribution in [3.63, 3.8) is 0 Å². The highest BCUT2D eigenvalue weighted by molar-refractivity contribution is 5.79. The topological polar surface area (TPSA) is 70.7 Å². The van der Waals surface area contributed by atoms with Crippen LogP contribution in [0.25, 0.3) is 0 Å². The van der Waals surface area contributed by atoms with E-state index in [-0.39, 0.29) is 29.6 Å². The van der Waals surface area contributed by atoms with Crippen LogP contribution in [0, 0.1) is 23.5 Å². The van der Waals surface area contributed by atoms with Crippen LogP contribution in [0.2, 0.25) is 0 Å². The van der Waals surface area contributed by atoms with E-state index < -0.39 is 17.7 Å². The number of carbonyl (C=O) groups is 2. The summed E-state index contributed by atoms with van der Waals surface area (Å²) >= 11 is 0. The highest BCUT2D eigenvalue weighted by Gasteiger charge is 2.59. The fraction of sp³-hybridized carbons (Fsp3) is 0.412. The SMILES string of the molecule is O=C(NC(c1ccc(F)cc1)c1ccc(F)cc1)OC12CC3CC(CC(NCC(=O)N4Cc5ccccc5C4)(C3)C1)C2. The van der Waals surface area contributed by atoms with Crippen LogP contribution < -0.4 is 10.6 Å². The van der Waals surface area contributed by atoms with Gasteiger partial charge in [-0.3, -0.25) is 4.79 Å². The Balaban J connectivity index is 1.04. The molecule has 42 heavy (non-hydrogen) atoms. The minimum Gasteiger partial charge on any atom is -0.443 e. The van der Waals surface area contributed by atoms with Gasteiger partial charge in [0.2, 0.25) is 5.91 Å². The molecule has 3 aromatic carbocycles. The van der Waals surface area contributed by atoms with Gasteiger partial charge in [-0.1, -0.05) is 48.5 Å². The van der Waals surface area contributed by atoms with E-state index in [4.69, 9.17) is 4.74 Å². The second kappa shape index (κ2) is 10.5. The molecule has 0 radical (unpaired) electrons. The van der Waals surface area contributed by atoms with Gasteiger partial charge in [-0.15, -0.1) is 0 Å². The smallest absolute Gasteiger partial charge is 0.408 e. The van der Waals surface area contributed by atoms with Crippen LogP contribution in [-0.2, 0) is 22.6 Å². The zero-order valence-electron chi connectivity index (χ0n) is 23.5. The third-order valence-electron chi connectivity index (χ3n) is 9.79. The largest absolute Gasteiger partial charge is 0.443 e. The Hall–Kier alpha value is -3.78. The van der Waals surface area contributed by atoms with Crippen LogP contribution in [0.4, 0.5) is 13.6 Å². The normalized spacial score (nSPS) is 27.3. The first-order valence-electron chi connectivity index (χ1n) is 14.9. The maximum atomic E-state index is 13.7. The summed E-state index contributed by atoms with van der Waals surface area (Å²) in [5.41, 5.74) is 2.92. The first-order valence-corrected chi connectivity index (χ1v) is 14.9. The minimum atomic E-state index is -0.623. The lowest BCUT2D eigenvalue weighted by Crippen LogP contribution is -2.66. The third-order valence-corrected chi connectivity index (χ3v) is 9.79. The Kier molecular flexibility index (Phi) is 6.76. The zero-order valence-corrected chi connectivity index (χ0v) is 23.5. The van der Waals surface area contributed by atoms with Crippen molar-refractivity contribution in [3.05, 3.63) is 107 Å². The van der Waals surface area contributed by atoms with E-state index in [9.17, 15) is 18.4 Å². The molecule has 4 saturated carbocycles. The van der Waals surface area contributed by atoms with Gasteiger partial charge in [0.15, 0.2) is 0 Å². The molecule has 8 heteroatoms. The number of ether oxygens (including phenoxy) is 1. The molecule has 0 saturated heterocycles. The van der Waals surface area contributed by atoms with Crippen molar-refractivity contribution in [1.29, 1.82) is 0 Å². The molecular weight excluding hydrogens is 536 g/mol. The number of alkyl carbamates (subject to hydrolysis) is 1. The van der Waals surface area contributed by atoms with Gasteiger partial charge in [-0.05, 0) is 90.5 Å². The first kappa shape index (κ1) is 27.1. The lowest BCUT2D eigenvalue weighted by molar-refractivity contribution is -0.148. The average Bonchev–Trinajstić information content (AvgIpc) is 3.40. The standard InChI is InChI=1S/C34H35F2N3O3/c35-28-9-5-24(6-10-28)31(25-7-11-29(36)12-8-25)38-32(41)42-34-16-22-13-23(17-34)15-33(14-22,21-34)37-18-30(40)39-19-26-3-1-2-4-27(26)20-39/h1-12,22-23,31,37H,13-21H2,(H,38,41). The van der Waals surface area contributed by atoms with Crippen molar-refractivity contribution in [1.82, 2.24) is 15.5 Å². The molecule has 4 fully saturated rings. The second-order valence-corrected chi connectivity index (χ2v) is 12.9. The summed E-state index contributed by atoms with van der Waals surface area (Å²) in [6.45, 7) is 1.56. The molecule has 2 N–H and O–H groups in total. The summed E-state index contributed by atoms with van der Waals surface area (Å²) in [6, 6.07) is 19.4. The van der Waals surface area contributed by atoms with Crippen molar-refractivity contribution < 1.29 is 23.1 Å². The van der Waals surface area contributed by atoms with E-state index >= 15 is 0 Å². The molecular formula is C34H35F2N3O3. The van der Waals surface area contributed by atoms with Gasteiger partial charge < -0.3 is 20.3 Å². The molecule has 0 aromatic heterocycles. The number of nitrogens with zero attached hydrogens (tertiary/aromatic N) is 1. The molecule has 4 aliphatic carbocycles. The van der Waals surface area contributed by atoms with Gasteiger partial charge in [0, 0.05) is 25.0 Å². The number of nitrogens with one attached hydrogen (secondary N) is 2. The summed E-state index contributed by atoms with van der Waals surface area (Å²) in [7, 11) is 0. The Morgan fingerprint density at radius 3 is 1.93 bits per heavy atom. The fourth-order valence-corrected chi connectivity index (χ4v) is 8.40. The number of hydrogen-bond acceptors (Lipinski definition) is 4. The predicted molar refractivity (Wildman–Crippen MR) is 153 cm³/mol. The van der Waals surface area contributed by atoms with Crippen LogP contribution in [0.1, 0.15) is 66.8 Å². The number of carbonyl (C=O) groups excluding carboxylic acids is 2. The van der Waals surface area contributed by atoms with Crippen molar-refractivity contribution in [2.75, 3.05) is 6.54 Å². The molecule has 6 nitrogen and oxygen atoms in total. The number of amides is 2. The van der Waals surface area contributed by atoms with Crippen molar-refractivity contribution in [2.45, 2.75) is 68.8 Å². The molecule has 2 amide bonds. The van der Waals surface area contributed by atoms with E-state index in [0.717, 1.165) is 32.1 Å². The quantitative estimate of drug-likeness (QED) is 0.365. The summed E-state index contributed by atoms with van der Waals surface area (Å²) in [4.78, 5) is 28.6. The van der Waals surface area contributed by atoms with Gasteiger partial charge in [0.1, 0.15) is 17.2 Å². The highest BCUT2D eigenvalue weighted by Crippen LogP contribution is 2.59. The van der Waals surface area contributed by atoms with E-state index in [0.29, 0.717) is 42.5 Å². The van der Waals surface area contributed by atoms with Gasteiger partial charge in [-0.25, -0.2) is 13.6 Å². The van der Waals surface area contributed by atoms with Gasteiger partial charge in [0.05, 0.1) is 12.6 Å². The predicted octanol–water partition coefficient (Wildman–Crippen LogP) is 6.00. The number of halogens is 2. The van der Waals surface area contributed by atoms with Crippen LogP contribution >= 0.6 is 0 Å². The summed E-state index contributed by atoms with van der Waals surface area (Å²) < 4.78 is 33.6. The van der Waals surface area contributed by atoms with Gasteiger partial charge in [-0.2, -0.15) is 0 Å². The summed E-state index contributed by atoms with van der Waals surface area (Å²) in [6.07, 6.45) is 4.85. The van der Waals surface area contributed by atoms with Gasteiger partial charge in [0.25, 0.3) is 0 Å². The number of hydrogen-bond donors (Lipinski definition) is 2. The zero-order chi connectivity index (χ0) is 28.9. The second-order valence-electron chi connectivity index (χ2n) is 12.9. The van der Waals surface area contributed by atoms with Crippen LogP contribution in [-0.4, -0.2) is 34.6 Å². The van der Waals surface area contributed by atoms with Crippen molar-refractivity contribution in [3.8, 4) is 0 Å². The Bertz CT molecular complexity index is 1410. The first-order chi connectivity index (χ1) is 20.3. The van der Waals surface area contributed by atoms with Crippen LogP contribution in [0.3, 0.4) is 0 Å². The fourth-order valence-electron chi connectivity index (χ4n) is 8.40. The summed E-state index contributed by atoms with van der Waals surface area (Å²) in [5, 5.41) is 6.64. The highest BCUT2D eigenvalue weighted by atomic mass is 19.1. The van der Waals surface area contributed by atoms with Gasteiger partial charge >= 0.3 is 6.09 Å². The maximum absolute atomic E-state index is 13.7. The number of rotatable bonds is 7. The van der Waals surface area contributed by atoms with Crippen molar-refractivity contribution in [2.24, 2.45) is 11.8 Å². The molecule has 218 valence electrons. The Morgan fingerprint density at radius 2 is 1.38 bits per heavy atom. The minimum absolute atomic E-state index is 0.0936. The summed E-state index contributed by atoms with van der Waals surface area (Å²) in [5.74, 6) is 0.207. The lowest BCUT2D eigenvalue weighted by atomic mass is 9.51. The van der Waals surface area contributed by atoms with Crippen molar-refractivity contribution >= 4 is 12.0 Å². The maximum Gasteiger partial charge on any atom is 0.408 e. The monoisotopic (exact) mass is 571 g/mol. The number of fused-ring (bicyclic) bond motifs is 1. The van der Waals surface area contributed by atoms with E-state index in [2.05, 4.69) is 22.8 Å². The third kappa shape index (κ3) is 5.28.